The topological polar surface area (TPSA) is 54.6 Å². The van der Waals surface area contributed by atoms with Crippen LogP contribution >= 0.6 is 0 Å². The highest BCUT2D eigenvalue weighted by atomic mass is 16.3. The van der Waals surface area contributed by atoms with Gasteiger partial charge >= 0.3 is 5.88 Å². The number of aromatic amines is 1. The van der Waals surface area contributed by atoms with Gasteiger partial charge < -0.3 is 10.2 Å². The molecular formula is C10H10NO2+. The number of nitrogens with one attached hydrogen (secondary N) is 1. The predicted octanol–water partition coefficient (Wildman–Crippen LogP) is 1.37. The first kappa shape index (κ1) is 7.86. The highest BCUT2D eigenvalue weighted by Gasteiger charge is 2.11. The summed E-state index contributed by atoms with van der Waals surface area (Å²) in [5, 5.41) is 20.2. The van der Waals surface area contributed by atoms with Gasteiger partial charge in [-0.3, -0.25) is 0 Å². The summed E-state index contributed by atoms with van der Waals surface area (Å²) >= 11 is 0. The molecule has 1 heterocycles. The molecule has 0 aliphatic rings. The van der Waals surface area contributed by atoms with Crippen molar-refractivity contribution in [3.05, 3.63) is 30.0 Å². The summed E-state index contributed by atoms with van der Waals surface area (Å²) in [4.78, 5) is 2.58. The van der Waals surface area contributed by atoms with E-state index in [0.29, 0.717) is 5.39 Å². The molecule has 0 unspecified atom stereocenters. The second kappa shape index (κ2) is 2.62. The van der Waals surface area contributed by atoms with Crippen molar-refractivity contribution in [1.29, 1.82) is 0 Å². The molecule has 2 rings (SSSR count). The van der Waals surface area contributed by atoms with E-state index in [4.69, 9.17) is 0 Å². The van der Waals surface area contributed by atoms with Crippen LogP contribution in [0.1, 0.15) is 5.56 Å². The average Bonchev–Trinajstić information content (AvgIpc) is 2.12. The third-order valence-electron chi connectivity index (χ3n) is 2.05. The van der Waals surface area contributed by atoms with Crippen LogP contribution in [0, 0.1) is 6.92 Å². The first-order chi connectivity index (χ1) is 6.18. The van der Waals surface area contributed by atoms with Gasteiger partial charge in [-0.1, -0.05) is 11.6 Å². The molecule has 66 valence electrons. The summed E-state index contributed by atoms with van der Waals surface area (Å²) < 4.78 is 0. The third kappa shape index (κ3) is 1.18. The maximum atomic E-state index is 9.47. The van der Waals surface area contributed by atoms with Gasteiger partial charge in [-0.05, 0) is 19.1 Å². The summed E-state index contributed by atoms with van der Waals surface area (Å²) in [6.45, 7) is 1.98. The fraction of sp³-hybridized carbons (Fsp3) is 0.100. The molecule has 0 spiro atoms. The van der Waals surface area contributed by atoms with Crippen LogP contribution in [-0.4, -0.2) is 10.2 Å². The lowest BCUT2D eigenvalue weighted by atomic mass is 10.1. The Kier molecular flexibility index (Phi) is 1.59. The third-order valence-corrected chi connectivity index (χ3v) is 2.05. The van der Waals surface area contributed by atoms with Crippen LogP contribution in [0.25, 0.3) is 10.8 Å². The predicted molar refractivity (Wildman–Crippen MR) is 48.6 cm³/mol. The molecular weight excluding hydrogens is 166 g/mol. The van der Waals surface area contributed by atoms with Crippen molar-refractivity contribution < 1.29 is 15.2 Å². The summed E-state index contributed by atoms with van der Waals surface area (Å²) in [7, 11) is 0. The van der Waals surface area contributed by atoms with E-state index in [0.717, 1.165) is 10.9 Å². The molecule has 0 saturated heterocycles. The molecule has 0 atom stereocenters. The lowest BCUT2D eigenvalue weighted by molar-refractivity contribution is -0.393. The molecule has 0 aliphatic heterocycles. The molecule has 1 aromatic carbocycles. The van der Waals surface area contributed by atoms with E-state index in [1.807, 2.05) is 19.1 Å². The van der Waals surface area contributed by atoms with Crippen LogP contribution < -0.4 is 4.98 Å². The standard InChI is InChI=1S/C10H9NO2/c1-6-2-3-8-7(4-6)5-11-10(13)9(8)12/h2-5,12H,1H3,(H,11,13)/p+1. The minimum absolute atomic E-state index is 0.0995. The summed E-state index contributed by atoms with van der Waals surface area (Å²) in [6, 6.07) is 5.61. The molecule has 3 N–H and O–H groups in total. The van der Waals surface area contributed by atoms with Crippen molar-refractivity contribution in [3.63, 3.8) is 0 Å². The van der Waals surface area contributed by atoms with Gasteiger partial charge in [0.05, 0.1) is 0 Å². The molecule has 3 heteroatoms. The van der Waals surface area contributed by atoms with Gasteiger partial charge in [0.25, 0.3) is 0 Å². The number of aromatic hydroxyl groups is 2. The number of aryl methyl sites for hydroxylation is 1. The van der Waals surface area contributed by atoms with Crippen molar-refractivity contribution in [2.24, 2.45) is 0 Å². The van der Waals surface area contributed by atoms with Crippen LogP contribution in [0.2, 0.25) is 0 Å². The molecule has 2 aromatic rings. The Labute approximate surface area is 75.3 Å². The number of H-pyrrole nitrogens is 1. The molecule has 0 radical (unpaired) electrons. The summed E-state index contributed by atoms with van der Waals surface area (Å²) in [5.41, 5.74) is 1.12. The lowest BCUT2D eigenvalue weighted by Crippen LogP contribution is -2.00. The Morgan fingerprint density at radius 2 is 2.00 bits per heavy atom. The molecule has 13 heavy (non-hydrogen) atoms. The van der Waals surface area contributed by atoms with E-state index in [1.54, 1.807) is 12.3 Å². The molecule has 0 saturated carbocycles. The Balaban J connectivity index is 2.87. The van der Waals surface area contributed by atoms with Crippen molar-refractivity contribution in [2.75, 3.05) is 0 Å². The highest BCUT2D eigenvalue weighted by molar-refractivity contribution is 5.88. The fourth-order valence-electron chi connectivity index (χ4n) is 1.36. The Hall–Kier alpha value is -1.77. The van der Waals surface area contributed by atoms with Crippen LogP contribution in [0.4, 0.5) is 0 Å². The van der Waals surface area contributed by atoms with E-state index >= 15 is 0 Å². The van der Waals surface area contributed by atoms with Crippen LogP contribution in [0.3, 0.4) is 0 Å². The summed E-state index contributed by atoms with van der Waals surface area (Å²) in [6.07, 6.45) is 1.66. The molecule has 3 nitrogen and oxygen atoms in total. The monoisotopic (exact) mass is 176 g/mol. The average molecular weight is 176 g/mol. The zero-order valence-corrected chi connectivity index (χ0v) is 7.20. The Bertz CT molecular complexity index is 466. The fourth-order valence-corrected chi connectivity index (χ4v) is 1.36. The summed E-state index contributed by atoms with van der Waals surface area (Å²) in [5.74, 6) is -0.297. The first-order valence-electron chi connectivity index (χ1n) is 4.01. The Morgan fingerprint density at radius 1 is 1.23 bits per heavy atom. The van der Waals surface area contributed by atoms with E-state index in [2.05, 4.69) is 4.98 Å². The smallest absolute Gasteiger partial charge is 0.407 e. The normalized spacial score (nSPS) is 10.5. The largest absolute Gasteiger partial charge is 0.499 e. The number of aromatic nitrogens is 1. The number of fused-ring (bicyclic) bond motifs is 1. The zero-order valence-electron chi connectivity index (χ0n) is 7.20. The number of hydrogen-bond acceptors (Lipinski definition) is 2. The van der Waals surface area contributed by atoms with E-state index in [1.165, 1.54) is 0 Å². The second-order valence-corrected chi connectivity index (χ2v) is 3.08. The van der Waals surface area contributed by atoms with Crippen LogP contribution in [0.15, 0.2) is 24.4 Å². The minimum atomic E-state index is -0.198. The van der Waals surface area contributed by atoms with E-state index in [9.17, 15) is 10.2 Å². The molecule has 1 aromatic heterocycles. The van der Waals surface area contributed by atoms with Crippen molar-refractivity contribution >= 4 is 10.8 Å². The maximum Gasteiger partial charge on any atom is 0.407 e. The van der Waals surface area contributed by atoms with E-state index < -0.39 is 0 Å². The van der Waals surface area contributed by atoms with Crippen molar-refractivity contribution in [3.8, 4) is 11.6 Å². The van der Waals surface area contributed by atoms with Gasteiger partial charge in [0.15, 0.2) is 6.20 Å². The molecule has 0 amide bonds. The SMILES string of the molecule is Cc1ccc2c(O)c(O)[nH+]cc2c1. The lowest BCUT2D eigenvalue weighted by Gasteiger charge is -1.98. The van der Waals surface area contributed by atoms with Crippen molar-refractivity contribution in [1.82, 2.24) is 0 Å². The second-order valence-electron chi connectivity index (χ2n) is 3.08. The molecule has 0 aliphatic carbocycles. The van der Waals surface area contributed by atoms with E-state index in [-0.39, 0.29) is 11.6 Å². The number of pyridine rings is 1. The maximum absolute atomic E-state index is 9.47. The number of benzene rings is 1. The van der Waals surface area contributed by atoms with Gasteiger partial charge in [-0.2, -0.15) is 4.98 Å². The van der Waals surface area contributed by atoms with Gasteiger partial charge in [0.1, 0.15) is 0 Å². The quantitative estimate of drug-likeness (QED) is 0.637. The minimum Gasteiger partial charge on any atom is -0.499 e. The van der Waals surface area contributed by atoms with Gasteiger partial charge in [-0.25, -0.2) is 0 Å². The highest BCUT2D eigenvalue weighted by Crippen LogP contribution is 2.28. The van der Waals surface area contributed by atoms with Crippen LogP contribution in [-0.2, 0) is 0 Å². The zero-order chi connectivity index (χ0) is 9.42. The van der Waals surface area contributed by atoms with Crippen molar-refractivity contribution in [2.45, 2.75) is 6.92 Å². The first-order valence-corrected chi connectivity index (χ1v) is 4.01. The molecule has 0 fully saturated rings. The van der Waals surface area contributed by atoms with Gasteiger partial charge in [0.2, 0.25) is 5.75 Å². The Morgan fingerprint density at radius 3 is 2.77 bits per heavy atom. The van der Waals surface area contributed by atoms with Crippen LogP contribution in [0.5, 0.6) is 11.6 Å². The molecule has 0 bridgehead atoms. The number of hydrogen-bond donors (Lipinski definition) is 2. The van der Waals surface area contributed by atoms with Gasteiger partial charge in [0, 0.05) is 10.8 Å². The van der Waals surface area contributed by atoms with Gasteiger partial charge in [-0.15, -0.1) is 0 Å². The number of rotatable bonds is 0.